The lowest BCUT2D eigenvalue weighted by atomic mass is 10.0. The van der Waals surface area contributed by atoms with Crippen LogP contribution in [0.4, 0.5) is 5.69 Å². The van der Waals surface area contributed by atoms with E-state index in [1.165, 1.54) is 0 Å². The number of aryl methyl sites for hydroxylation is 3. The molecule has 0 aliphatic carbocycles. The molecule has 0 saturated heterocycles. The Morgan fingerprint density at radius 2 is 2.11 bits per heavy atom. The molecule has 0 saturated carbocycles. The number of nitrogens with one attached hydrogen (secondary N) is 2. The van der Waals surface area contributed by atoms with Gasteiger partial charge in [0.05, 0.1) is 17.6 Å². The van der Waals surface area contributed by atoms with Crippen LogP contribution < -0.4 is 20.5 Å². The lowest BCUT2D eigenvalue weighted by Gasteiger charge is -2.28. The van der Waals surface area contributed by atoms with E-state index in [9.17, 15) is 9.59 Å². The minimum Gasteiger partial charge on any atom is -0.490 e. The van der Waals surface area contributed by atoms with E-state index in [0.717, 1.165) is 34.8 Å². The number of nitrogens with zero attached hydrogens (tertiary/aromatic N) is 3. The zero-order valence-electron chi connectivity index (χ0n) is 16.4. The van der Waals surface area contributed by atoms with Gasteiger partial charge < -0.3 is 15.0 Å². The molecule has 1 aliphatic heterocycles. The largest absolute Gasteiger partial charge is 0.490 e. The molecule has 8 nitrogen and oxygen atoms in total. The molecule has 0 radical (unpaired) electrons. The van der Waals surface area contributed by atoms with Crippen molar-refractivity contribution in [2.45, 2.75) is 20.4 Å². The molecule has 2 N–H and O–H groups in total. The molecule has 28 heavy (non-hydrogen) atoms. The molecular weight excluding hydrogens is 358 g/mol. The van der Waals surface area contributed by atoms with Gasteiger partial charge in [-0.1, -0.05) is 0 Å². The van der Waals surface area contributed by atoms with Gasteiger partial charge in [-0.15, -0.1) is 0 Å². The number of hydrogen-bond acceptors (Lipinski definition) is 5. The Bertz CT molecular complexity index is 1140. The van der Waals surface area contributed by atoms with Crippen LogP contribution in [0.5, 0.6) is 5.75 Å². The molecule has 0 atom stereocenters. The summed E-state index contributed by atoms with van der Waals surface area (Å²) in [4.78, 5) is 31.5. The van der Waals surface area contributed by atoms with Gasteiger partial charge in [0.1, 0.15) is 12.4 Å². The molecule has 0 fully saturated rings. The van der Waals surface area contributed by atoms with E-state index in [0.29, 0.717) is 29.7 Å². The molecule has 1 aromatic carbocycles. The van der Waals surface area contributed by atoms with Crippen molar-refractivity contribution in [1.82, 2.24) is 20.1 Å². The second-order valence-electron chi connectivity index (χ2n) is 7.13. The number of H-pyrrole nitrogens is 1. The smallest absolute Gasteiger partial charge is 0.273 e. The Hall–Kier alpha value is -3.29. The number of rotatable bonds is 3. The van der Waals surface area contributed by atoms with Crippen LogP contribution in [0.15, 0.2) is 23.0 Å². The first kappa shape index (κ1) is 18.1. The van der Waals surface area contributed by atoms with Gasteiger partial charge in [0.2, 0.25) is 0 Å². The highest BCUT2D eigenvalue weighted by Gasteiger charge is 2.19. The number of anilines is 1. The minimum absolute atomic E-state index is 0.173. The van der Waals surface area contributed by atoms with Crippen molar-refractivity contribution in [2.24, 2.45) is 7.05 Å². The Kier molecular flexibility index (Phi) is 4.33. The van der Waals surface area contributed by atoms with Crippen LogP contribution in [0.3, 0.4) is 0 Å². The van der Waals surface area contributed by atoms with Crippen molar-refractivity contribution in [3.8, 4) is 5.75 Å². The van der Waals surface area contributed by atoms with E-state index >= 15 is 0 Å². The second-order valence-corrected chi connectivity index (χ2v) is 7.13. The molecule has 8 heteroatoms. The van der Waals surface area contributed by atoms with E-state index in [2.05, 4.69) is 20.3 Å². The lowest BCUT2D eigenvalue weighted by molar-refractivity contribution is 0.0951. The van der Waals surface area contributed by atoms with Crippen LogP contribution in [0.25, 0.3) is 11.0 Å². The fraction of sp³-hybridized carbons (Fsp3) is 0.350. The molecule has 0 unspecified atom stereocenters. The van der Waals surface area contributed by atoms with E-state index < -0.39 is 0 Å². The van der Waals surface area contributed by atoms with Crippen LogP contribution >= 0.6 is 0 Å². The summed E-state index contributed by atoms with van der Waals surface area (Å²) in [6.45, 7) is 5.50. The summed E-state index contributed by atoms with van der Waals surface area (Å²) in [5.74, 6) is 0.609. The summed E-state index contributed by atoms with van der Waals surface area (Å²) in [5.41, 5.74) is 4.40. The average Bonchev–Trinajstić information content (AvgIpc) is 2.95. The van der Waals surface area contributed by atoms with Crippen LogP contribution in [-0.2, 0) is 13.6 Å². The van der Waals surface area contributed by atoms with Gasteiger partial charge in [-0.25, -0.2) is 4.98 Å². The van der Waals surface area contributed by atoms with Crippen molar-refractivity contribution in [1.29, 1.82) is 0 Å². The molecule has 0 bridgehead atoms. The van der Waals surface area contributed by atoms with Crippen molar-refractivity contribution < 1.29 is 9.53 Å². The highest BCUT2D eigenvalue weighted by Crippen LogP contribution is 2.31. The maximum absolute atomic E-state index is 12.7. The molecule has 146 valence electrons. The SMILES string of the molecule is Cc1nc2c(c(C)c1CNC(=O)c1ccc3c(c1)N(C)CCO3)c(=O)[nH]n2C. The number of benzene rings is 1. The standard InChI is InChI=1S/C20H23N5O3/c1-11-14(12(2)22-18-17(11)20(27)23-25(18)4)10-21-19(26)13-5-6-16-15(9-13)24(3)7-8-28-16/h5-6,9H,7-8,10H2,1-4H3,(H,21,26)(H,23,27). The summed E-state index contributed by atoms with van der Waals surface area (Å²) in [6, 6.07) is 5.43. The Morgan fingerprint density at radius 3 is 2.89 bits per heavy atom. The molecule has 1 amide bonds. The summed E-state index contributed by atoms with van der Waals surface area (Å²) in [6.07, 6.45) is 0. The minimum atomic E-state index is -0.178. The number of carbonyl (C=O) groups excluding carboxylic acids is 1. The molecule has 0 spiro atoms. The predicted molar refractivity (Wildman–Crippen MR) is 107 cm³/mol. The summed E-state index contributed by atoms with van der Waals surface area (Å²) in [7, 11) is 3.74. The van der Waals surface area contributed by atoms with Crippen molar-refractivity contribution in [2.75, 3.05) is 25.1 Å². The number of likely N-dealkylation sites (N-methyl/N-ethyl adjacent to an activating group) is 1. The highest BCUT2D eigenvalue weighted by molar-refractivity contribution is 5.95. The van der Waals surface area contributed by atoms with Gasteiger partial charge >= 0.3 is 0 Å². The van der Waals surface area contributed by atoms with E-state index in [4.69, 9.17) is 4.74 Å². The first-order valence-electron chi connectivity index (χ1n) is 9.17. The zero-order valence-corrected chi connectivity index (χ0v) is 16.4. The topological polar surface area (TPSA) is 92.2 Å². The molecule has 3 heterocycles. The van der Waals surface area contributed by atoms with Crippen molar-refractivity contribution in [3.63, 3.8) is 0 Å². The monoisotopic (exact) mass is 381 g/mol. The van der Waals surface area contributed by atoms with E-state index in [1.54, 1.807) is 17.8 Å². The Morgan fingerprint density at radius 1 is 1.32 bits per heavy atom. The van der Waals surface area contributed by atoms with Crippen LogP contribution in [0.2, 0.25) is 0 Å². The van der Waals surface area contributed by atoms with Crippen LogP contribution in [0, 0.1) is 13.8 Å². The Labute approximate surface area is 162 Å². The van der Waals surface area contributed by atoms with E-state index in [-0.39, 0.29) is 11.5 Å². The second kappa shape index (κ2) is 6.70. The fourth-order valence-electron chi connectivity index (χ4n) is 3.67. The normalized spacial score (nSPS) is 13.4. The quantitative estimate of drug-likeness (QED) is 0.720. The fourth-order valence-corrected chi connectivity index (χ4v) is 3.67. The number of aromatic amines is 1. The molecular formula is C20H23N5O3. The number of ether oxygens (including phenoxy) is 1. The van der Waals surface area contributed by atoms with Gasteiger partial charge in [-0.2, -0.15) is 0 Å². The first-order chi connectivity index (χ1) is 13.4. The van der Waals surface area contributed by atoms with Gasteiger partial charge in [-0.05, 0) is 43.2 Å². The third-order valence-electron chi connectivity index (χ3n) is 5.32. The lowest BCUT2D eigenvalue weighted by Crippen LogP contribution is -2.30. The molecule has 4 rings (SSSR count). The first-order valence-corrected chi connectivity index (χ1v) is 9.17. The number of aromatic nitrogens is 3. The third-order valence-corrected chi connectivity index (χ3v) is 5.32. The average molecular weight is 381 g/mol. The molecule has 2 aromatic heterocycles. The van der Waals surface area contributed by atoms with E-state index in [1.807, 2.05) is 33.0 Å². The number of carbonyl (C=O) groups is 1. The molecule has 3 aromatic rings. The maximum Gasteiger partial charge on any atom is 0.273 e. The maximum atomic E-state index is 12.7. The van der Waals surface area contributed by atoms with Gasteiger partial charge in [0.25, 0.3) is 11.5 Å². The number of amides is 1. The number of fused-ring (bicyclic) bond motifs is 2. The van der Waals surface area contributed by atoms with Crippen LogP contribution in [0.1, 0.15) is 27.2 Å². The van der Waals surface area contributed by atoms with Crippen LogP contribution in [-0.4, -0.2) is 40.9 Å². The summed E-state index contributed by atoms with van der Waals surface area (Å²) >= 11 is 0. The highest BCUT2D eigenvalue weighted by atomic mass is 16.5. The molecule has 1 aliphatic rings. The zero-order chi connectivity index (χ0) is 20.0. The van der Waals surface area contributed by atoms with Gasteiger partial charge in [0, 0.05) is 31.9 Å². The number of pyridine rings is 1. The summed E-state index contributed by atoms with van der Waals surface area (Å²) in [5, 5.41) is 6.24. The van der Waals surface area contributed by atoms with Crippen molar-refractivity contribution in [3.05, 3.63) is 50.9 Å². The van der Waals surface area contributed by atoms with Gasteiger partial charge in [-0.3, -0.25) is 19.4 Å². The number of hydrogen-bond donors (Lipinski definition) is 2. The van der Waals surface area contributed by atoms with Crippen molar-refractivity contribution >= 4 is 22.6 Å². The predicted octanol–water partition coefficient (Wildman–Crippen LogP) is 1.64. The Balaban J connectivity index is 1.60. The third kappa shape index (κ3) is 2.90. The summed E-state index contributed by atoms with van der Waals surface area (Å²) < 4.78 is 7.24. The van der Waals surface area contributed by atoms with Gasteiger partial charge in [0.15, 0.2) is 5.65 Å².